The van der Waals surface area contributed by atoms with Crippen LogP contribution in [0, 0.1) is 17.4 Å². The second kappa shape index (κ2) is 8.30. The number of anilines is 1. The molecule has 0 unspecified atom stereocenters. The van der Waals surface area contributed by atoms with Crippen LogP contribution in [0.5, 0.6) is 5.75 Å². The van der Waals surface area contributed by atoms with E-state index in [2.05, 4.69) is 63.8 Å². The summed E-state index contributed by atoms with van der Waals surface area (Å²) in [5.41, 5.74) is 4.36. The summed E-state index contributed by atoms with van der Waals surface area (Å²) in [4.78, 5) is 0. The van der Waals surface area contributed by atoms with Gasteiger partial charge in [0, 0.05) is 14.8 Å². The Hall–Kier alpha value is -0.860. The molecule has 0 atom stereocenters. The predicted molar refractivity (Wildman–Crippen MR) is 110 cm³/mol. The van der Waals surface area contributed by atoms with Crippen LogP contribution in [0.4, 0.5) is 5.69 Å². The topological polar surface area (TPSA) is 30.5 Å². The molecule has 0 saturated carbocycles. The van der Waals surface area contributed by atoms with Gasteiger partial charge < -0.3 is 14.8 Å². The van der Waals surface area contributed by atoms with Crippen molar-refractivity contribution in [3.05, 3.63) is 55.1 Å². The molecular weight excluding hydrogens is 489 g/mol. The summed E-state index contributed by atoms with van der Waals surface area (Å²) in [5, 5.41) is 3.42. The maximum Gasteiger partial charge on any atom is 0.260 e. The molecule has 2 rings (SSSR count). The average Bonchev–Trinajstić information content (AvgIpc) is 2.51. The summed E-state index contributed by atoms with van der Waals surface area (Å²) >= 11 is 10.9. The van der Waals surface area contributed by atoms with Crippen LogP contribution in [-0.4, -0.2) is 12.3 Å². The van der Waals surface area contributed by atoms with Crippen molar-refractivity contribution in [3.63, 3.8) is 0 Å². The lowest BCUT2D eigenvalue weighted by molar-refractivity contribution is 0.303. The summed E-state index contributed by atoms with van der Waals surface area (Å²) in [6.45, 7) is 4.59. The molecule has 23 heavy (non-hydrogen) atoms. The summed E-state index contributed by atoms with van der Waals surface area (Å²) in [5.74, 6) is 0.827. The van der Waals surface area contributed by atoms with Crippen molar-refractivity contribution < 1.29 is 9.47 Å². The quantitative estimate of drug-likeness (QED) is 0.433. The third-order valence-corrected chi connectivity index (χ3v) is 5.36. The van der Waals surface area contributed by atoms with E-state index in [9.17, 15) is 0 Å². The van der Waals surface area contributed by atoms with E-state index in [1.165, 1.54) is 11.1 Å². The molecule has 0 radical (unpaired) electrons. The molecule has 0 aliphatic rings. The molecule has 0 bridgehead atoms. The Morgan fingerprint density at radius 2 is 1.96 bits per heavy atom. The third kappa shape index (κ3) is 4.81. The zero-order valence-electron chi connectivity index (χ0n) is 13.1. The van der Waals surface area contributed by atoms with Gasteiger partial charge in [0.05, 0.1) is 11.6 Å². The standard InChI is InChI=1S/C17H17BrINO2S/c1-10-7-13(18)16(8-11(10)2)22-9-12-14(19)5-4-6-15(12)20-17(23)21-3/h4-8H,9H2,1-3H3,(H,20,23). The highest BCUT2D eigenvalue weighted by molar-refractivity contribution is 14.1. The van der Waals surface area contributed by atoms with Gasteiger partial charge in [-0.25, -0.2) is 0 Å². The number of hydrogen-bond acceptors (Lipinski definition) is 3. The highest BCUT2D eigenvalue weighted by Gasteiger charge is 2.11. The summed E-state index contributed by atoms with van der Waals surface area (Å²) in [6, 6.07) is 10.1. The van der Waals surface area contributed by atoms with Crippen molar-refractivity contribution in [3.8, 4) is 5.75 Å². The Bertz CT molecular complexity index is 737. The van der Waals surface area contributed by atoms with Crippen molar-refractivity contribution >= 4 is 61.6 Å². The van der Waals surface area contributed by atoms with E-state index in [0.29, 0.717) is 11.8 Å². The molecule has 122 valence electrons. The van der Waals surface area contributed by atoms with Gasteiger partial charge in [0.25, 0.3) is 5.17 Å². The van der Waals surface area contributed by atoms with E-state index in [-0.39, 0.29) is 0 Å². The van der Waals surface area contributed by atoms with Crippen molar-refractivity contribution in [2.45, 2.75) is 20.5 Å². The van der Waals surface area contributed by atoms with Crippen molar-refractivity contribution in [1.82, 2.24) is 0 Å². The van der Waals surface area contributed by atoms with Gasteiger partial charge in [-0.15, -0.1) is 0 Å². The molecule has 0 spiro atoms. The minimum atomic E-state index is 0.334. The van der Waals surface area contributed by atoms with Crippen molar-refractivity contribution in [2.24, 2.45) is 0 Å². The number of nitrogens with one attached hydrogen (secondary N) is 1. The number of hydrogen-bond donors (Lipinski definition) is 1. The average molecular weight is 506 g/mol. The normalized spacial score (nSPS) is 10.3. The Kier molecular flexibility index (Phi) is 6.67. The predicted octanol–water partition coefficient (Wildman–Crippen LogP) is 5.59. The molecule has 0 aliphatic carbocycles. The van der Waals surface area contributed by atoms with Gasteiger partial charge in [-0.1, -0.05) is 6.07 Å². The monoisotopic (exact) mass is 505 g/mol. The molecule has 0 aliphatic heterocycles. The zero-order chi connectivity index (χ0) is 17.0. The third-order valence-electron chi connectivity index (χ3n) is 3.46. The van der Waals surface area contributed by atoms with E-state index >= 15 is 0 Å². The first-order chi connectivity index (χ1) is 10.9. The SMILES string of the molecule is COC(=S)Nc1cccc(I)c1COc1cc(C)c(C)cc1Br. The van der Waals surface area contributed by atoms with Crippen LogP contribution in [0.1, 0.15) is 16.7 Å². The molecule has 0 saturated heterocycles. The number of thiocarbonyl (C=S) groups is 1. The maximum absolute atomic E-state index is 6.02. The number of ether oxygens (including phenoxy) is 2. The Morgan fingerprint density at radius 3 is 2.65 bits per heavy atom. The number of methoxy groups -OCH3 is 1. The van der Waals surface area contributed by atoms with Crippen LogP contribution in [0.3, 0.4) is 0 Å². The molecule has 0 amide bonds. The van der Waals surface area contributed by atoms with Crippen LogP contribution in [-0.2, 0) is 11.3 Å². The fourth-order valence-corrected chi connectivity index (χ4v) is 3.33. The number of rotatable bonds is 4. The lowest BCUT2D eigenvalue weighted by Gasteiger charge is -2.16. The van der Waals surface area contributed by atoms with Crippen LogP contribution in [0.15, 0.2) is 34.8 Å². The van der Waals surface area contributed by atoms with Gasteiger partial charge in [0.15, 0.2) is 0 Å². The zero-order valence-corrected chi connectivity index (χ0v) is 17.6. The lowest BCUT2D eigenvalue weighted by atomic mass is 10.1. The summed E-state index contributed by atoms with van der Waals surface area (Å²) < 4.78 is 13.1. The van der Waals surface area contributed by atoms with Crippen LogP contribution >= 0.6 is 50.7 Å². The minimum absolute atomic E-state index is 0.334. The molecule has 6 heteroatoms. The molecule has 2 aromatic rings. The highest BCUT2D eigenvalue weighted by atomic mass is 127. The largest absolute Gasteiger partial charge is 0.488 e. The van der Waals surface area contributed by atoms with Gasteiger partial charge in [0.2, 0.25) is 0 Å². The Labute approximate surface area is 164 Å². The molecule has 2 aromatic carbocycles. The molecule has 0 fully saturated rings. The molecule has 1 N–H and O–H groups in total. The number of aryl methyl sites for hydroxylation is 2. The van der Waals surface area contributed by atoms with Crippen LogP contribution in [0.25, 0.3) is 0 Å². The molecule has 3 nitrogen and oxygen atoms in total. The molecular formula is C17H17BrINO2S. The van der Waals surface area contributed by atoms with Crippen molar-refractivity contribution in [2.75, 3.05) is 12.4 Å². The second-order valence-electron chi connectivity index (χ2n) is 5.04. The fraction of sp³-hybridized carbons (Fsp3) is 0.235. The first kappa shape index (κ1) is 18.5. The lowest BCUT2D eigenvalue weighted by Crippen LogP contribution is -2.13. The smallest absolute Gasteiger partial charge is 0.260 e. The van der Waals surface area contributed by atoms with Gasteiger partial charge in [-0.3, -0.25) is 0 Å². The highest BCUT2D eigenvalue weighted by Crippen LogP contribution is 2.30. The minimum Gasteiger partial charge on any atom is -0.488 e. The Morgan fingerprint density at radius 1 is 1.26 bits per heavy atom. The van der Waals surface area contributed by atoms with E-state index < -0.39 is 0 Å². The second-order valence-corrected chi connectivity index (χ2v) is 7.43. The van der Waals surface area contributed by atoms with Gasteiger partial charge in [0.1, 0.15) is 12.4 Å². The van der Waals surface area contributed by atoms with E-state index in [4.69, 9.17) is 21.7 Å². The maximum atomic E-state index is 6.02. The molecule has 0 heterocycles. The summed E-state index contributed by atoms with van der Waals surface area (Å²) in [7, 11) is 1.55. The summed E-state index contributed by atoms with van der Waals surface area (Å²) in [6.07, 6.45) is 0. The van der Waals surface area contributed by atoms with Gasteiger partial charge in [-0.05, 0) is 100.0 Å². The number of benzene rings is 2. The fourth-order valence-electron chi connectivity index (χ4n) is 2.00. The van der Waals surface area contributed by atoms with E-state index in [0.717, 1.165) is 25.0 Å². The molecule has 0 aromatic heterocycles. The van der Waals surface area contributed by atoms with Crippen molar-refractivity contribution in [1.29, 1.82) is 0 Å². The first-order valence-corrected chi connectivity index (χ1v) is 9.22. The first-order valence-electron chi connectivity index (χ1n) is 6.94. The van der Waals surface area contributed by atoms with Gasteiger partial charge >= 0.3 is 0 Å². The van der Waals surface area contributed by atoms with E-state index in [1.54, 1.807) is 7.11 Å². The number of halogens is 2. The van der Waals surface area contributed by atoms with Crippen LogP contribution < -0.4 is 10.1 Å². The van der Waals surface area contributed by atoms with Gasteiger partial charge in [-0.2, -0.15) is 0 Å². The van der Waals surface area contributed by atoms with Crippen LogP contribution in [0.2, 0.25) is 0 Å². The van der Waals surface area contributed by atoms with E-state index in [1.807, 2.05) is 24.3 Å². The Balaban J connectivity index is 2.23.